The van der Waals surface area contributed by atoms with Crippen molar-refractivity contribution in [3.05, 3.63) is 54.6 Å². The molecule has 200 valence electrons. The molecular weight excluding hydrogens is 519 g/mol. The zero-order valence-corrected chi connectivity index (χ0v) is 23.1. The SMILES string of the molecule is Cn1c(N[C@H]2CC[C@H](NC(=O)OC(C)(C)C)CC2)nc2c1c(=O)n(Cc1ccc(Cl)c(Cl)c1)c(=O)n2C. The summed E-state index contributed by atoms with van der Waals surface area (Å²) in [6.07, 6.45) is 2.79. The molecule has 2 heterocycles. The van der Waals surface area contributed by atoms with Gasteiger partial charge in [-0.2, -0.15) is 4.98 Å². The Bertz CT molecular complexity index is 1440. The molecular formula is C25H32Cl2N6O4. The first-order chi connectivity index (χ1) is 17.3. The van der Waals surface area contributed by atoms with Crippen molar-refractivity contribution in [3.8, 4) is 0 Å². The van der Waals surface area contributed by atoms with Crippen molar-refractivity contribution in [2.24, 2.45) is 14.1 Å². The van der Waals surface area contributed by atoms with Crippen LogP contribution in [0.5, 0.6) is 0 Å². The minimum absolute atomic E-state index is 0.0442. The lowest BCUT2D eigenvalue weighted by atomic mass is 9.91. The number of alkyl carbamates (subject to hydrolysis) is 1. The van der Waals surface area contributed by atoms with E-state index in [-0.39, 0.29) is 18.6 Å². The summed E-state index contributed by atoms with van der Waals surface area (Å²) in [5.74, 6) is 0.512. The highest BCUT2D eigenvalue weighted by Gasteiger charge is 2.26. The maximum atomic E-state index is 13.4. The molecule has 0 radical (unpaired) electrons. The Morgan fingerprint density at radius 1 is 1.05 bits per heavy atom. The van der Waals surface area contributed by atoms with Gasteiger partial charge in [0.25, 0.3) is 5.56 Å². The number of imidazole rings is 1. The lowest BCUT2D eigenvalue weighted by Crippen LogP contribution is -2.42. The molecule has 1 aliphatic carbocycles. The zero-order chi connectivity index (χ0) is 27.1. The molecule has 2 aromatic heterocycles. The Morgan fingerprint density at radius 3 is 2.32 bits per heavy atom. The van der Waals surface area contributed by atoms with E-state index >= 15 is 0 Å². The average molecular weight is 551 g/mol. The Hall–Kier alpha value is -2.98. The van der Waals surface area contributed by atoms with E-state index in [2.05, 4.69) is 15.6 Å². The van der Waals surface area contributed by atoms with E-state index in [0.29, 0.717) is 32.7 Å². The van der Waals surface area contributed by atoms with Crippen molar-refractivity contribution >= 4 is 46.4 Å². The fourth-order valence-electron chi connectivity index (χ4n) is 4.57. The highest BCUT2D eigenvalue weighted by molar-refractivity contribution is 6.42. The van der Waals surface area contributed by atoms with Gasteiger partial charge >= 0.3 is 11.8 Å². The number of amides is 1. The summed E-state index contributed by atoms with van der Waals surface area (Å²) in [5, 5.41) is 7.11. The van der Waals surface area contributed by atoms with E-state index in [0.717, 1.165) is 25.7 Å². The van der Waals surface area contributed by atoms with Gasteiger partial charge in [0.05, 0.1) is 16.6 Å². The summed E-state index contributed by atoms with van der Waals surface area (Å²) in [7, 11) is 3.35. The van der Waals surface area contributed by atoms with Gasteiger partial charge in [-0.15, -0.1) is 0 Å². The number of carbonyl (C=O) groups excluding carboxylic acids is 1. The summed E-state index contributed by atoms with van der Waals surface area (Å²) >= 11 is 12.1. The summed E-state index contributed by atoms with van der Waals surface area (Å²) in [5.41, 5.74) is -0.121. The van der Waals surface area contributed by atoms with Gasteiger partial charge in [-0.05, 0) is 64.2 Å². The lowest BCUT2D eigenvalue weighted by molar-refractivity contribution is 0.0492. The topological polar surface area (TPSA) is 112 Å². The maximum absolute atomic E-state index is 13.4. The number of fused-ring (bicyclic) bond motifs is 1. The molecule has 0 unspecified atom stereocenters. The first-order valence-electron chi connectivity index (χ1n) is 12.2. The normalized spacial score (nSPS) is 18.1. The van der Waals surface area contributed by atoms with E-state index in [1.807, 2.05) is 20.8 Å². The van der Waals surface area contributed by atoms with E-state index in [9.17, 15) is 14.4 Å². The Morgan fingerprint density at radius 2 is 1.70 bits per heavy atom. The molecule has 4 rings (SSSR count). The summed E-state index contributed by atoms with van der Waals surface area (Å²) < 4.78 is 9.58. The van der Waals surface area contributed by atoms with Crippen molar-refractivity contribution in [1.82, 2.24) is 24.0 Å². The number of aromatic nitrogens is 4. The number of nitrogens with one attached hydrogen (secondary N) is 2. The molecule has 0 saturated heterocycles. The molecule has 10 nitrogen and oxygen atoms in total. The number of rotatable bonds is 5. The standard InChI is InChI=1S/C25H32Cl2N6O4/c1-25(2,3)37-23(35)29-16-9-7-15(8-10-16)28-22-30-20-19(31(22)4)21(34)33(24(36)32(20)5)13-14-6-11-17(26)18(27)12-14/h6,11-12,15-16H,7-10,13H2,1-5H3,(H,28,30)(H,29,35)/t15-,16-. The molecule has 37 heavy (non-hydrogen) atoms. The van der Waals surface area contributed by atoms with Crippen LogP contribution in [0.25, 0.3) is 11.2 Å². The van der Waals surface area contributed by atoms with Gasteiger partial charge in [0.15, 0.2) is 11.2 Å². The Kier molecular flexibility index (Phi) is 7.62. The minimum Gasteiger partial charge on any atom is -0.444 e. The predicted octanol–water partition coefficient (Wildman–Crippen LogP) is 4.04. The van der Waals surface area contributed by atoms with E-state index in [1.165, 1.54) is 9.13 Å². The molecule has 1 aliphatic rings. The second-order valence-electron chi connectivity index (χ2n) is 10.5. The van der Waals surface area contributed by atoms with Gasteiger partial charge in [0, 0.05) is 26.2 Å². The van der Waals surface area contributed by atoms with Gasteiger partial charge in [0.1, 0.15) is 5.60 Å². The molecule has 12 heteroatoms. The molecule has 1 saturated carbocycles. The number of halogens is 2. The number of aryl methyl sites for hydroxylation is 2. The van der Waals surface area contributed by atoms with Gasteiger partial charge < -0.3 is 19.9 Å². The lowest BCUT2D eigenvalue weighted by Gasteiger charge is -2.30. The number of ether oxygens (including phenoxy) is 1. The Balaban J connectivity index is 1.51. The number of anilines is 1. The van der Waals surface area contributed by atoms with Gasteiger partial charge in [-0.1, -0.05) is 29.3 Å². The molecule has 0 spiro atoms. The molecule has 0 aliphatic heterocycles. The van der Waals surface area contributed by atoms with Crippen LogP contribution < -0.4 is 21.9 Å². The number of hydrogen-bond donors (Lipinski definition) is 2. The number of hydrogen-bond acceptors (Lipinski definition) is 6. The molecule has 1 aromatic carbocycles. The quantitative estimate of drug-likeness (QED) is 0.495. The molecule has 0 atom stereocenters. The summed E-state index contributed by atoms with van der Waals surface area (Å²) in [4.78, 5) is 43.1. The van der Waals surface area contributed by atoms with Gasteiger partial charge in [-0.3, -0.25) is 13.9 Å². The van der Waals surface area contributed by atoms with Crippen molar-refractivity contribution in [2.45, 2.75) is 70.7 Å². The molecule has 1 fully saturated rings. The zero-order valence-electron chi connectivity index (χ0n) is 21.6. The van der Waals surface area contributed by atoms with Crippen LogP contribution in [0.3, 0.4) is 0 Å². The van der Waals surface area contributed by atoms with E-state index < -0.39 is 22.9 Å². The summed E-state index contributed by atoms with van der Waals surface area (Å²) in [6.45, 7) is 5.56. The van der Waals surface area contributed by atoms with Crippen LogP contribution in [0.15, 0.2) is 27.8 Å². The van der Waals surface area contributed by atoms with Crippen molar-refractivity contribution < 1.29 is 9.53 Å². The fourth-order valence-corrected chi connectivity index (χ4v) is 4.89. The second-order valence-corrected chi connectivity index (χ2v) is 11.3. The van der Waals surface area contributed by atoms with Crippen LogP contribution in [-0.2, 0) is 25.4 Å². The largest absolute Gasteiger partial charge is 0.444 e. The minimum atomic E-state index is -0.538. The first kappa shape index (κ1) is 27.1. The second kappa shape index (κ2) is 10.4. The van der Waals surface area contributed by atoms with Crippen LogP contribution in [0.2, 0.25) is 10.0 Å². The number of nitrogens with zero attached hydrogens (tertiary/aromatic N) is 4. The van der Waals surface area contributed by atoms with Crippen molar-refractivity contribution in [1.29, 1.82) is 0 Å². The molecule has 2 N–H and O–H groups in total. The third-order valence-corrected chi connectivity index (χ3v) is 7.20. The average Bonchev–Trinajstić information content (AvgIpc) is 3.13. The first-order valence-corrected chi connectivity index (χ1v) is 13.0. The highest BCUT2D eigenvalue weighted by atomic mass is 35.5. The predicted molar refractivity (Wildman–Crippen MR) is 145 cm³/mol. The molecule has 1 amide bonds. The third kappa shape index (κ3) is 5.96. The van der Waals surface area contributed by atoms with E-state index in [4.69, 9.17) is 27.9 Å². The smallest absolute Gasteiger partial charge is 0.407 e. The van der Waals surface area contributed by atoms with E-state index in [1.54, 1.807) is 36.9 Å². The van der Waals surface area contributed by atoms with Crippen LogP contribution in [0.1, 0.15) is 52.0 Å². The fraction of sp³-hybridized carbons (Fsp3) is 0.520. The van der Waals surface area contributed by atoms with Crippen molar-refractivity contribution in [3.63, 3.8) is 0 Å². The number of benzene rings is 1. The van der Waals surface area contributed by atoms with Crippen LogP contribution in [0, 0.1) is 0 Å². The highest BCUT2D eigenvalue weighted by Crippen LogP contribution is 2.25. The molecule has 3 aromatic rings. The summed E-state index contributed by atoms with van der Waals surface area (Å²) in [6, 6.07) is 5.17. The Labute approximate surface area is 224 Å². The maximum Gasteiger partial charge on any atom is 0.407 e. The van der Waals surface area contributed by atoms with Gasteiger partial charge in [0.2, 0.25) is 5.95 Å². The third-order valence-electron chi connectivity index (χ3n) is 6.47. The van der Waals surface area contributed by atoms with Crippen LogP contribution in [-0.4, -0.2) is 42.5 Å². The monoisotopic (exact) mass is 550 g/mol. The number of carbonyl (C=O) groups is 1. The van der Waals surface area contributed by atoms with Crippen LogP contribution in [0.4, 0.5) is 10.7 Å². The van der Waals surface area contributed by atoms with Gasteiger partial charge in [-0.25, -0.2) is 9.59 Å². The molecule has 0 bridgehead atoms. The van der Waals surface area contributed by atoms with Crippen LogP contribution >= 0.6 is 23.2 Å². The van der Waals surface area contributed by atoms with Crippen molar-refractivity contribution in [2.75, 3.05) is 5.32 Å².